The highest BCUT2D eigenvalue weighted by atomic mass is 16.6. The molecule has 430 valence electrons. The number of carboxylic acids is 1. The van der Waals surface area contributed by atoms with Crippen molar-refractivity contribution in [2.24, 2.45) is 17.5 Å². The maximum Gasteiger partial charge on any atom is 0.305 e. The van der Waals surface area contributed by atoms with Crippen LogP contribution < -0.4 is 27.5 Å². The van der Waals surface area contributed by atoms with Gasteiger partial charge in [-0.15, -0.1) is 12.8 Å². The molecule has 1 heterocycles. The predicted molar refractivity (Wildman–Crippen MR) is 285 cm³/mol. The van der Waals surface area contributed by atoms with Gasteiger partial charge in [0.1, 0.15) is 12.3 Å². The monoisotopic (exact) mass is 1080 g/mol. The third-order valence-electron chi connectivity index (χ3n) is 9.59. The summed E-state index contributed by atoms with van der Waals surface area (Å²) in [6.45, 7) is 15.8. The van der Waals surface area contributed by atoms with E-state index >= 15 is 0 Å². The molecule has 1 aliphatic heterocycles. The summed E-state index contributed by atoms with van der Waals surface area (Å²) in [4.78, 5) is 68.1. The Bertz CT molecular complexity index is 1760. The number of benzene rings is 1. The molecule has 0 bridgehead atoms. The largest absolute Gasteiger partial charge is 0.481 e. The van der Waals surface area contributed by atoms with Gasteiger partial charge in [-0.2, -0.15) is 0 Å². The normalized spacial score (nSPS) is 12.2. The van der Waals surface area contributed by atoms with Crippen molar-refractivity contribution in [2.45, 2.75) is 59.5 Å². The van der Waals surface area contributed by atoms with Gasteiger partial charge in [0.2, 0.25) is 11.8 Å². The number of carboxylic acid groups (broad SMARTS) is 1. The molecule has 0 fully saturated rings. The summed E-state index contributed by atoms with van der Waals surface area (Å²) in [5, 5.41) is 18.1. The van der Waals surface area contributed by atoms with Crippen molar-refractivity contribution in [3.8, 4) is 12.8 Å². The minimum atomic E-state index is -0.878. The molecule has 2 radical (unpaired) electrons. The highest BCUT2D eigenvalue weighted by Crippen LogP contribution is 2.17. The summed E-state index contributed by atoms with van der Waals surface area (Å²) >= 11 is 0. The van der Waals surface area contributed by atoms with Crippen LogP contribution in [0.3, 0.4) is 0 Å². The van der Waals surface area contributed by atoms with Crippen molar-refractivity contribution in [1.29, 1.82) is 0 Å². The average Bonchev–Trinajstić information content (AvgIpc) is 3.74. The van der Waals surface area contributed by atoms with Crippen LogP contribution in [0.2, 0.25) is 0 Å². The van der Waals surface area contributed by atoms with Gasteiger partial charge in [-0.1, -0.05) is 45.6 Å². The second-order valence-corrected chi connectivity index (χ2v) is 15.6. The number of ether oxygens (including phenoxy) is 10. The molecule has 0 aromatic heterocycles. The first-order chi connectivity index (χ1) is 36.8. The van der Waals surface area contributed by atoms with Gasteiger partial charge < -0.3 is 84.0 Å². The fraction of sp³-hybridized carbons (Fsp3) is 0.647. The number of nitrogens with two attached hydrogens (primary N) is 2. The van der Waals surface area contributed by atoms with Gasteiger partial charge in [0, 0.05) is 37.5 Å². The molecule has 76 heavy (non-hydrogen) atoms. The number of hydrogen-bond acceptors (Lipinski definition) is 20. The van der Waals surface area contributed by atoms with Gasteiger partial charge in [-0.05, 0) is 23.6 Å². The highest BCUT2D eigenvalue weighted by Gasteiger charge is 2.24. The van der Waals surface area contributed by atoms with E-state index in [9.17, 15) is 28.8 Å². The van der Waals surface area contributed by atoms with Gasteiger partial charge in [0.15, 0.2) is 0 Å². The van der Waals surface area contributed by atoms with Gasteiger partial charge in [0.25, 0.3) is 11.8 Å². The molecule has 1 aliphatic rings. The van der Waals surface area contributed by atoms with E-state index < -0.39 is 17.9 Å². The topological polar surface area (TPSA) is 310 Å². The van der Waals surface area contributed by atoms with E-state index in [0.717, 1.165) is 21.7 Å². The lowest BCUT2D eigenvalue weighted by molar-refractivity contribution is -0.139. The van der Waals surface area contributed by atoms with Crippen LogP contribution in [0.15, 0.2) is 42.2 Å². The number of terminal acetylenes is 1. The van der Waals surface area contributed by atoms with E-state index in [1.54, 1.807) is 20.0 Å². The van der Waals surface area contributed by atoms with Crippen molar-refractivity contribution >= 4 is 49.4 Å². The van der Waals surface area contributed by atoms with Crippen molar-refractivity contribution in [2.75, 3.05) is 158 Å². The highest BCUT2D eigenvalue weighted by molar-refractivity contribution is 6.12. The molecule has 0 aliphatic carbocycles. The van der Waals surface area contributed by atoms with Crippen LogP contribution in [-0.4, -0.2) is 217 Å². The zero-order valence-electron chi connectivity index (χ0n) is 45.3. The summed E-state index contributed by atoms with van der Waals surface area (Å²) in [5.41, 5.74) is 9.58. The quantitative estimate of drug-likeness (QED) is 0.00988. The van der Waals surface area contributed by atoms with Crippen LogP contribution in [0.5, 0.6) is 0 Å². The first-order valence-electron chi connectivity index (χ1n) is 25.2. The molecular formula is C51H86BN7O17. The third kappa shape index (κ3) is 40.8. The van der Waals surface area contributed by atoms with Crippen LogP contribution in [0, 0.1) is 18.8 Å². The second kappa shape index (κ2) is 51.6. The first-order valence-corrected chi connectivity index (χ1v) is 25.2. The van der Waals surface area contributed by atoms with E-state index in [2.05, 4.69) is 28.8 Å². The van der Waals surface area contributed by atoms with E-state index in [1.165, 1.54) is 17.2 Å². The Morgan fingerprint density at radius 2 is 1.18 bits per heavy atom. The number of aldehydes is 1. The summed E-state index contributed by atoms with van der Waals surface area (Å²) in [7, 11) is 7.68. The molecule has 24 nitrogen and oxygen atoms in total. The summed E-state index contributed by atoms with van der Waals surface area (Å²) in [5.74, 6) is 3.40. The first kappa shape index (κ1) is 72.6. The van der Waals surface area contributed by atoms with Gasteiger partial charge >= 0.3 is 5.97 Å². The number of hydrogen-bond donors (Lipinski definition) is 6. The number of anilines is 1. The second-order valence-electron chi connectivity index (χ2n) is 15.6. The van der Waals surface area contributed by atoms with Crippen LogP contribution in [-0.2, 0) is 89.1 Å². The zero-order valence-corrected chi connectivity index (χ0v) is 45.3. The van der Waals surface area contributed by atoms with Crippen molar-refractivity contribution in [1.82, 2.24) is 20.5 Å². The Kier molecular flexibility index (Phi) is 49.3. The molecule has 1 atom stereocenters. The third-order valence-corrected chi connectivity index (χ3v) is 9.59. The molecule has 0 spiro atoms. The molecular weight excluding hydrogens is 993 g/mol. The molecule has 8 N–H and O–H groups in total. The van der Waals surface area contributed by atoms with Crippen molar-refractivity contribution in [3.05, 3.63) is 53.4 Å². The lowest BCUT2D eigenvalue weighted by Crippen LogP contribution is -2.50. The number of carbonyl (C=O) groups excluding carboxylic acids is 5. The van der Waals surface area contributed by atoms with Crippen molar-refractivity contribution < 1.29 is 81.2 Å². The Labute approximate surface area is 450 Å². The Morgan fingerprint density at radius 3 is 1.63 bits per heavy atom. The number of nitrogens with one attached hydrogen (secondary N) is 3. The number of nitrogens with zero attached hydrogens (tertiary/aromatic N) is 2. The maximum atomic E-state index is 11.9. The fourth-order valence-corrected chi connectivity index (χ4v) is 5.79. The number of imide groups is 1. The number of amides is 4. The maximum absolute atomic E-state index is 11.9. The molecule has 1 unspecified atom stereocenters. The zero-order chi connectivity index (χ0) is 57.0. The number of rotatable bonds is 45. The van der Waals surface area contributed by atoms with Gasteiger partial charge in [-0.25, -0.2) is 5.84 Å². The smallest absolute Gasteiger partial charge is 0.305 e. The minimum absolute atomic E-state index is 0.00650. The molecule has 2 rings (SSSR count). The Hall–Kier alpha value is -5.50. The predicted octanol–water partition coefficient (Wildman–Crippen LogP) is 0.546. The lowest BCUT2D eigenvalue weighted by Gasteiger charge is -2.21. The standard InChI is InChI=1S/C31H55BN4O11.C16H23N3O6.C2H6.C2H2/c1-35-30-3-2-27(23-32)28(22-30)25-47-26-29(33)24-36(34)5-7-40-9-11-42-13-15-44-17-19-46-21-20-45-18-16-43-14-12-41-10-8-39-6-4-31(37)38;1-11(2)15(16(24)17-6-8-20)18-12(21)5-9-25-10-7-19-13(22)3-4-14(19)23;2*1-2/h2-3,22,24,35H,4-21,23,25-26,33-34H2,1H3,(H,37,38);3-4,8,11,15H,5-7,9-10H2,1-2H3,(H,17,24)(H,18,21);1-2H3;1-2H/b29-24-;;;. The molecule has 1 aromatic rings. The fourth-order valence-electron chi connectivity index (χ4n) is 5.79. The molecule has 0 saturated heterocycles. The molecule has 25 heteroatoms. The Morgan fingerprint density at radius 1 is 0.724 bits per heavy atom. The average molecular weight is 1080 g/mol. The van der Waals surface area contributed by atoms with Gasteiger partial charge in [0.05, 0.1) is 172 Å². The van der Waals surface area contributed by atoms with Gasteiger partial charge in [-0.3, -0.25) is 28.9 Å². The molecule has 1 aromatic carbocycles. The number of aliphatic carboxylic acids is 1. The van der Waals surface area contributed by atoms with Crippen LogP contribution in [0.25, 0.3) is 0 Å². The number of hydrazine groups is 1. The Balaban J connectivity index is 0. The van der Waals surface area contributed by atoms with E-state index in [-0.39, 0.29) is 76.0 Å². The van der Waals surface area contributed by atoms with Crippen LogP contribution >= 0.6 is 0 Å². The van der Waals surface area contributed by atoms with E-state index in [0.29, 0.717) is 131 Å². The summed E-state index contributed by atoms with van der Waals surface area (Å²) in [6.07, 6.45) is 13.0. The lowest BCUT2D eigenvalue weighted by atomic mass is 9.93. The van der Waals surface area contributed by atoms with E-state index in [1.807, 2.05) is 39.1 Å². The van der Waals surface area contributed by atoms with Crippen LogP contribution in [0.1, 0.15) is 51.7 Å². The minimum Gasteiger partial charge on any atom is -0.481 e. The summed E-state index contributed by atoms with van der Waals surface area (Å²) < 4.78 is 54.2. The summed E-state index contributed by atoms with van der Waals surface area (Å²) in [6, 6.07) is 5.24. The SMILES string of the molecule is C#C.CC.CC(C)C(NC(=O)CCOCCN1C(=O)C=CC1=O)C(=O)NCC=O.[B]Cc1ccc(NC)cc1COC/C(N)=C/N(N)CCOCCOCCOCCOCCOCCOCCOCCOCCC(=O)O. The van der Waals surface area contributed by atoms with Crippen LogP contribution in [0.4, 0.5) is 5.69 Å². The molecule has 4 amide bonds. The molecule has 0 saturated carbocycles. The van der Waals surface area contributed by atoms with E-state index in [4.69, 9.17) is 71.9 Å². The number of carbonyl (C=O) groups is 6. The van der Waals surface area contributed by atoms with Crippen molar-refractivity contribution in [3.63, 3.8) is 0 Å².